The topological polar surface area (TPSA) is 56.8 Å². The number of carbonyl (C=O) groups excluding carboxylic acids is 1. The van der Waals surface area contributed by atoms with Crippen LogP contribution in [0.15, 0.2) is 30.3 Å². The van der Waals surface area contributed by atoms with E-state index in [2.05, 4.69) is 36.5 Å². The number of aryl methyl sites for hydroxylation is 1. The van der Waals surface area contributed by atoms with Crippen molar-refractivity contribution in [1.82, 2.24) is 5.32 Å². The molecule has 1 saturated heterocycles. The number of unbranched alkanes of at least 4 members (excludes halogenated alkanes) is 5. The average Bonchev–Trinajstić information content (AvgIpc) is 2.71. The summed E-state index contributed by atoms with van der Waals surface area (Å²) in [6, 6.07) is 8.63. The Bertz CT molecular complexity index is 721. The van der Waals surface area contributed by atoms with Crippen molar-refractivity contribution < 1.29 is 19.0 Å². The van der Waals surface area contributed by atoms with Gasteiger partial charge in [-0.3, -0.25) is 0 Å². The summed E-state index contributed by atoms with van der Waals surface area (Å²) in [5.74, 6) is -0.675. The van der Waals surface area contributed by atoms with Crippen molar-refractivity contribution in [2.75, 3.05) is 13.2 Å². The first kappa shape index (κ1) is 26.4. The Kier molecular flexibility index (Phi) is 9.78. The molecule has 180 valence electrons. The van der Waals surface area contributed by atoms with Crippen molar-refractivity contribution in [3.63, 3.8) is 0 Å². The monoisotopic (exact) mass is 445 g/mol. The minimum Gasteiger partial charge on any atom is -0.444 e. The molecule has 0 aromatic heterocycles. The van der Waals surface area contributed by atoms with E-state index in [0.717, 1.165) is 12.0 Å². The Hall–Kier alpha value is -1.85. The fourth-order valence-electron chi connectivity index (χ4n) is 3.57. The molecule has 0 aliphatic carbocycles. The van der Waals surface area contributed by atoms with Crippen LogP contribution in [-0.2, 0) is 20.6 Å². The maximum atomic E-state index is 12.5. The molecule has 1 heterocycles. The van der Waals surface area contributed by atoms with Gasteiger partial charge in [-0.05, 0) is 58.6 Å². The third-order valence-electron chi connectivity index (χ3n) is 5.50. The maximum absolute atomic E-state index is 12.5. The second-order valence-corrected chi connectivity index (χ2v) is 10.4. The van der Waals surface area contributed by atoms with Gasteiger partial charge in [-0.2, -0.15) is 0 Å². The fourth-order valence-corrected chi connectivity index (χ4v) is 3.57. The van der Waals surface area contributed by atoms with Crippen molar-refractivity contribution in [2.24, 2.45) is 0 Å². The van der Waals surface area contributed by atoms with E-state index in [-0.39, 0.29) is 0 Å². The molecule has 0 atom stereocenters. The van der Waals surface area contributed by atoms with Gasteiger partial charge in [-0.1, -0.05) is 75.4 Å². The molecule has 0 radical (unpaired) electrons. The first-order valence-electron chi connectivity index (χ1n) is 12.1. The van der Waals surface area contributed by atoms with E-state index in [1.165, 1.54) is 44.1 Å². The van der Waals surface area contributed by atoms with Crippen LogP contribution in [0.25, 0.3) is 6.08 Å². The second kappa shape index (κ2) is 11.9. The Balaban J connectivity index is 1.98. The summed E-state index contributed by atoms with van der Waals surface area (Å²) < 4.78 is 17.2. The van der Waals surface area contributed by atoms with Crippen LogP contribution in [0.4, 0.5) is 4.79 Å². The summed E-state index contributed by atoms with van der Waals surface area (Å²) in [5, 5.41) is 2.96. The molecular formula is C27H43NO4. The number of benzene rings is 1. The minimum absolute atomic E-state index is 0.311. The molecular weight excluding hydrogens is 402 g/mol. The van der Waals surface area contributed by atoms with E-state index < -0.39 is 23.0 Å². The Morgan fingerprint density at radius 3 is 2.22 bits per heavy atom. The second-order valence-electron chi connectivity index (χ2n) is 10.4. The van der Waals surface area contributed by atoms with E-state index in [4.69, 9.17) is 14.2 Å². The highest BCUT2D eigenvalue weighted by atomic mass is 16.7. The van der Waals surface area contributed by atoms with Gasteiger partial charge in [0.1, 0.15) is 11.1 Å². The van der Waals surface area contributed by atoms with Gasteiger partial charge in [-0.25, -0.2) is 4.79 Å². The number of rotatable bonds is 10. The molecule has 1 aliphatic rings. The third kappa shape index (κ3) is 9.74. The van der Waals surface area contributed by atoms with Gasteiger partial charge in [0.05, 0.1) is 13.2 Å². The van der Waals surface area contributed by atoms with E-state index in [0.29, 0.717) is 13.2 Å². The highest BCUT2D eigenvalue weighted by Gasteiger charge is 2.40. The van der Waals surface area contributed by atoms with Crippen LogP contribution in [0, 0.1) is 0 Å². The van der Waals surface area contributed by atoms with Crippen LogP contribution in [0.1, 0.15) is 91.2 Å². The molecule has 1 fully saturated rings. The molecule has 1 aliphatic heterocycles. The van der Waals surface area contributed by atoms with Crippen molar-refractivity contribution in [2.45, 2.75) is 103 Å². The molecule has 0 saturated carbocycles. The van der Waals surface area contributed by atoms with Crippen molar-refractivity contribution in [1.29, 1.82) is 0 Å². The van der Waals surface area contributed by atoms with Crippen LogP contribution in [0.2, 0.25) is 0 Å². The minimum atomic E-state index is -0.783. The fraction of sp³-hybridized carbons (Fsp3) is 0.667. The van der Waals surface area contributed by atoms with E-state index >= 15 is 0 Å². The summed E-state index contributed by atoms with van der Waals surface area (Å²) in [5.41, 5.74) is 1.09. The zero-order chi connectivity index (χ0) is 23.7. The van der Waals surface area contributed by atoms with Gasteiger partial charge in [-0.15, -0.1) is 0 Å². The molecule has 32 heavy (non-hydrogen) atoms. The number of amides is 1. The van der Waals surface area contributed by atoms with Crippen LogP contribution >= 0.6 is 0 Å². The van der Waals surface area contributed by atoms with E-state index in [1.807, 2.05) is 46.8 Å². The lowest BCUT2D eigenvalue weighted by molar-refractivity contribution is -0.263. The number of nitrogens with one attached hydrogen (secondary N) is 1. The molecule has 5 heteroatoms. The average molecular weight is 446 g/mol. The number of hydrogen-bond donors (Lipinski definition) is 1. The van der Waals surface area contributed by atoms with Gasteiger partial charge >= 0.3 is 6.09 Å². The maximum Gasteiger partial charge on any atom is 0.408 e. The Morgan fingerprint density at radius 1 is 1.03 bits per heavy atom. The van der Waals surface area contributed by atoms with Crippen molar-refractivity contribution in [3.8, 4) is 0 Å². The largest absolute Gasteiger partial charge is 0.444 e. The van der Waals surface area contributed by atoms with Gasteiger partial charge in [0.15, 0.2) is 5.79 Å². The van der Waals surface area contributed by atoms with Crippen LogP contribution in [0.3, 0.4) is 0 Å². The summed E-state index contributed by atoms with van der Waals surface area (Å²) >= 11 is 0. The molecule has 1 amide bonds. The van der Waals surface area contributed by atoms with Gasteiger partial charge in [0.25, 0.3) is 0 Å². The number of ether oxygens (including phenoxy) is 3. The molecule has 2 rings (SSSR count). The summed E-state index contributed by atoms with van der Waals surface area (Å²) in [6.07, 6.45) is 12.5. The summed E-state index contributed by atoms with van der Waals surface area (Å²) in [7, 11) is 0. The Morgan fingerprint density at radius 2 is 1.62 bits per heavy atom. The summed E-state index contributed by atoms with van der Waals surface area (Å²) in [4.78, 5) is 12.5. The smallest absolute Gasteiger partial charge is 0.408 e. The van der Waals surface area contributed by atoms with Gasteiger partial charge < -0.3 is 19.5 Å². The van der Waals surface area contributed by atoms with Gasteiger partial charge in [0, 0.05) is 0 Å². The van der Waals surface area contributed by atoms with Gasteiger partial charge in [0.2, 0.25) is 0 Å². The lowest BCUT2D eigenvalue weighted by atomic mass is 9.97. The zero-order valence-electron chi connectivity index (χ0n) is 21.0. The lowest BCUT2D eigenvalue weighted by Gasteiger charge is -2.42. The molecule has 0 unspecified atom stereocenters. The quantitative estimate of drug-likeness (QED) is 0.410. The van der Waals surface area contributed by atoms with Crippen molar-refractivity contribution in [3.05, 3.63) is 41.5 Å². The lowest BCUT2D eigenvalue weighted by Crippen LogP contribution is -2.60. The Labute approximate surface area is 194 Å². The van der Waals surface area contributed by atoms with Crippen LogP contribution < -0.4 is 5.32 Å². The normalized spacial score (nSPS) is 17.9. The standard InChI is InChI=1S/C27H43NO4/c1-7-8-9-10-11-12-13-22-14-16-23(17-15-22)18-19-27(20-30-26(5,6)31-21-27)28-24(29)32-25(2,3)4/h14-19H,7-13,20-21H2,1-6H3,(H,28,29). The summed E-state index contributed by atoms with van der Waals surface area (Å²) in [6.45, 7) is 12.2. The molecule has 5 nitrogen and oxygen atoms in total. The highest BCUT2D eigenvalue weighted by Crippen LogP contribution is 2.26. The number of carbonyl (C=O) groups is 1. The third-order valence-corrected chi connectivity index (χ3v) is 5.50. The molecule has 0 bridgehead atoms. The van der Waals surface area contributed by atoms with Crippen LogP contribution in [-0.4, -0.2) is 36.2 Å². The number of hydrogen-bond acceptors (Lipinski definition) is 4. The molecule has 1 aromatic carbocycles. The molecule has 1 aromatic rings. The van der Waals surface area contributed by atoms with Crippen molar-refractivity contribution >= 4 is 12.2 Å². The first-order valence-corrected chi connectivity index (χ1v) is 12.1. The predicted molar refractivity (Wildman–Crippen MR) is 131 cm³/mol. The predicted octanol–water partition coefficient (Wildman–Crippen LogP) is 6.65. The van der Waals surface area contributed by atoms with Crippen LogP contribution in [0.5, 0.6) is 0 Å². The van der Waals surface area contributed by atoms with E-state index in [1.54, 1.807) is 0 Å². The zero-order valence-corrected chi connectivity index (χ0v) is 21.0. The molecule has 1 N–H and O–H groups in total. The number of alkyl carbamates (subject to hydrolysis) is 1. The SMILES string of the molecule is CCCCCCCCc1ccc(C=CC2(NC(=O)OC(C)(C)C)COC(C)(C)OC2)cc1. The molecule has 0 spiro atoms. The van der Waals surface area contributed by atoms with E-state index in [9.17, 15) is 4.79 Å². The highest BCUT2D eigenvalue weighted by molar-refractivity contribution is 5.70. The first-order chi connectivity index (χ1) is 15.0.